The second-order valence-electron chi connectivity index (χ2n) is 2.19. The van der Waals surface area contributed by atoms with Crippen LogP contribution in [0.25, 0.3) is 0 Å². The molecule has 1 aromatic rings. The first-order valence-electron chi connectivity index (χ1n) is 3.07. The molecule has 12 heavy (non-hydrogen) atoms. The summed E-state index contributed by atoms with van der Waals surface area (Å²) in [5.41, 5.74) is 6.39. The quantitative estimate of drug-likeness (QED) is 0.804. The third-order valence-electron chi connectivity index (χ3n) is 1.21. The highest BCUT2D eigenvalue weighted by Gasteiger charge is 1.99. The summed E-state index contributed by atoms with van der Waals surface area (Å²) in [7, 11) is 0. The maximum Gasteiger partial charge on any atom is 0.0582 e. The van der Waals surface area contributed by atoms with Gasteiger partial charge in [-0.1, -0.05) is 11.6 Å². The number of nitrogens with zero attached hydrogens (tertiary/aromatic N) is 1. The van der Waals surface area contributed by atoms with Crippen LogP contribution < -0.4 is 5.73 Å². The van der Waals surface area contributed by atoms with Crippen LogP contribution in [0.5, 0.6) is 0 Å². The first-order valence-corrected chi connectivity index (χ1v) is 3.45. The van der Waals surface area contributed by atoms with Gasteiger partial charge in [-0.05, 0) is 19.1 Å². The van der Waals surface area contributed by atoms with Crippen molar-refractivity contribution in [3.05, 3.63) is 29.0 Å². The van der Waals surface area contributed by atoms with E-state index in [4.69, 9.17) is 17.3 Å². The molecule has 0 aliphatic heterocycles. The lowest BCUT2D eigenvalue weighted by atomic mass is 10.2. The van der Waals surface area contributed by atoms with Crippen LogP contribution in [0.1, 0.15) is 18.7 Å². The van der Waals surface area contributed by atoms with E-state index in [-0.39, 0.29) is 30.9 Å². The first kappa shape index (κ1) is 14.5. The molecule has 1 heterocycles. The Balaban J connectivity index is 0. The maximum atomic E-state index is 5.69. The van der Waals surface area contributed by atoms with Gasteiger partial charge in [-0.2, -0.15) is 0 Å². The number of aromatic nitrogens is 1. The van der Waals surface area contributed by atoms with Gasteiger partial charge in [0.1, 0.15) is 0 Å². The number of pyridine rings is 1. The Morgan fingerprint density at radius 3 is 2.42 bits per heavy atom. The van der Waals surface area contributed by atoms with Crippen molar-refractivity contribution in [2.45, 2.75) is 13.0 Å². The van der Waals surface area contributed by atoms with Gasteiger partial charge < -0.3 is 5.73 Å². The third-order valence-corrected chi connectivity index (χ3v) is 1.44. The summed E-state index contributed by atoms with van der Waals surface area (Å²) >= 11 is 5.69. The van der Waals surface area contributed by atoms with Crippen LogP contribution in [0.2, 0.25) is 5.02 Å². The molecule has 1 atom stereocenters. The van der Waals surface area contributed by atoms with E-state index in [0.29, 0.717) is 5.02 Å². The second kappa shape index (κ2) is 6.49. The molecule has 1 unspecified atom stereocenters. The largest absolute Gasteiger partial charge is 0.323 e. The van der Waals surface area contributed by atoms with Gasteiger partial charge in [-0.25, -0.2) is 0 Å². The Kier molecular flexibility index (Phi) is 7.84. The zero-order chi connectivity index (χ0) is 7.56. The molecule has 0 spiro atoms. The smallest absolute Gasteiger partial charge is 0.0582 e. The number of nitrogens with two attached hydrogens (primary N) is 1. The van der Waals surface area contributed by atoms with Crippen molar-refractivity contribution in [1.82, 2.24) is 4.98 Å². The predicted octanol–water partition coefficient (Wildman–Crippen LogP) is 2.60. The van der Waals surface area contributed by atoms with Gasteiger partial charge in [0, 0.05) is 17.3 Å². The Hall–Kier alpha value is -0.0200. The van der Waals surface area contributed by atoms with Gasteiger partial charge in [0.15, 0.2) is 0 Å². The maximum absolute atomic E-state index is 5.69. The average molecular weight is 230 g/mol. The third kappa shape index (κ3) is 4.12. The van der Waals surface area contributed by atoms with E-state index in [1.165, 1.54) is 0 Å². The van der Waals surface area contributed by atoms with Crippen molar-refractivity contribution in [3.63, 3.8) is 0 Å². The Morgan fingerprint density at radius 1 is 1.50 bits per heavy atom. The number of hydrogen-bond donors (Lipinski definition) is 1. The Morgan fingerprint density at radius 2 is 2.08 bits per heavy atom. The van der Waals surface area contributed by atoms with Crippen LogP contribution in [0, 0.1) is 0 Å². The molecule has 0 fully saturated rings. The second-order valence-corrected chi connectivity index (χ2v) is 2.62. The number of rotatable bonds is 1. The van der Waals surface area contributed by atoms with Crippen LogP contribution in [0.15, 0.2) is 18.3 Å². The minimum Gasteiger partial charge on any atom is -0.323 e. The highest BCUT2D eigenvalue weighted by Crippen LogP contribution is 2.11. The van der Waals surface area contributed by atoms with Gasteiger partial charge in [0.05, 0.1) is 5.69 Å². The Bertz CT molecular complexity index is 228. The average Bonchev–Trinajstić information content (AvgIpc) is 1.88. The Labute approximate surface area is 89.3 Å². The molecule has 0 radical (unpaired) electrons. The molecule has 2 N–H and O–H groups in total. The van der Waals surface area contributed by atoms with E-state index in [1.54, 1.807) is 18.3 Å². The van der Waals surface area contributed by atoms with Crippen LogP contribution >= 0.6 is 36.4 Å². The summed E-state index contributed by atoms with van der Waals surface area (Å²) in [5.74, 6) is 0. The van der Waals surface area contributed by atoms with Crippen LogP contribution in [0.3, 0.4) is 0 Å². The molecule has 1 aromatic heterocycles. The number of hydrogen-bond acceptors (Lipinski definition) is 2. The molecule has 5 heteroatoms. The molecule has 0 aliphatic rings. The summed E-state index contributed by atoms with van der Waals surface area (Å²) in [4.78, 5) is 4.03. The minimum atomic E-state index is -0.0429. The molecule has 0 saturated carbocycles. The first-order chi connectivity index (χ1) is 4.70. The molecule has 0 aliphatic carbocycles. The molecule has 0 aromatic carbocycles. The van der Waals surface area contributed by atoms with E-state index in [0.717, 1.165) is 5.69 Å². The van der Waals surface area contributed by atoms with Gasteiger partial charge >= 0.3 is 0 Å². The van der Waals surface area contributed by atoms with Gasteiger partial charge in [0.25, 0.3) is 0 Å². The molecular weight excluding hydrogens is 218 g/mol. The van der Waals surface area contributed by atoms with Crippen molar-refractivity contribution in [1.29, 1.82) is 0 Å². The summed E-state index contributed by atoms with van der Waals surface area (Å²) in [6.07, 6.45) is 1.65. The lowest BCUT2D eigenvalue weighted by Gasteiger charge is -2.02. The van der Waals surface area contributed by atoms with E-state index in [1.807, 2.05) is 6.92 Å². The fourth-order valence-corrected chi connectivity index (χ4v) is 0.838. The van der Waals surface area contributed by atoms with E-state index in [9.17, 15) is 0 Å². The lowest BCUT2D eigenvalue weighted by Crippen LogP contribution is -2.06. The van der Waals surface area contributed by atoms with Crippen molar-refractivity contribution in [2.24, 2.45) is 5.73 Å². The van der Waals surface area contributed by atoms with Crippen molar-refractivity contribution >= 4 is 36.4 Å². The van der Waals surface area contributed by atoms with Gasteiger partial charge in [0.2, 0.25) is 0 Å². The molecule has 0 amide bonds. The molecular formula is C7H11Cl3N2. The van der Waals surface area contributed by atoms with E-state index >= 15 is 0 Å². The summed E-state index contributed by atoms with van der Waals surface area (Å²) in [5, 5.41) is 0.683. The minimum absolute atomic E-state index is 0. The fourth-order valence-electron chi connectivity index (χ4n) is 0.670. The van der Waals surface area contributed by atoms with E-state index in [2.05, 4.69) is 4.98 Å². The topological polar surface area (TPSA) is 38.9 Å². The SMILES string of the molecule is CC(N)c1cc(Cl)ccn1.Cl.Cl. The van der Waals surface area contributed by atoms with Crippen molar-refractivity contribution in [2.75, 3.05) is 0 Å². The molecule has 2 nitrogen and oxygen atoms in total. The molecule has 70 valence electrons. The predicted molar refractivity (Wildman–Crippen MR) is 56.3 cm³/mol. The van der Waals surface area contributed by atoms with Crippen LogP contribution in [0.4, 0.5) is 0 Å². The van der Waals surface area contributed by atoms with Crippen LogP contribution in [-0.4, -0.2) is 4.98 Å². The summed E-state index contributed by atoms with van der Waals surface area (Å²) in [6, 6.07) is 3.46. The van der Waals surface area contributed by atoms with Crippen LogP contribution in [-0.2, 0) is 0 Å². The standard InChI is InChI=1S/C7H9ClN2.2ClH/c1-5(9)7-4-6(8)2-3-10-7;;/h2-5H,9H2,1H3;2*1H. The van der Waals surface area contributed by atoms with E-state index < -0.39 is 0 Å². The highest BCUT2D eigenvalue weighted by atomic mass is 35.5. The lowest BCUT2D eigenvalue weighted by molar-refractivity contribution is 0.781. The normalized spacial score (nSPS) is 10.9. The van der Waals surface area contributed by atoms with Crippen molar-refractivity contribution in [3.8, 4) is 0 Å². The molecule has 1 rings (SSSR count). The monoisotopic (exact) mass is 228 g/mol. The zero-order valence-corrected chi connectivity index (χ0v) is 8.92. The van der Waals surface area contributed by atoms with Crippen molar-refractivity contribution < 1.29 is 0 Å². The van der Waals surface area contributed by atoms with Gasteiger partial charge in [-0.15, -0.1) is 24.8 Å². The summed E-state index contributed by atoms with van der Waals surface area (Å²) < 4.78 is 0. The molecule has 0 bridgehead atoms. The van der Waals surface area contributed by atoms with Gasteiger partial charge in [-0.3, -0.25) is 4.98 Å². The highest BCUT2D eigenvalue weighted by molar-refractivity contribution is 6.30. The fraction of sp³-hybridized carbons (Fsp3) is 0.286. The number of halogens is 3. The summed E-state index contributed by atoms with van der Waals surface area (Å²) in [6.45, 7) is 1.87. The zero-order valence-electron chi connectivity index (χ0n) is 6.53. The molecule has 0 saturated heterocycles.